The van der Waals surface area contributed by atoms with Gasteiger partial charge in [0.2, 0.25) is 0 Å². The Morgan fingerprint density at radius 3 is 2.56 bits per heavy atom. The van der Waals surface area contributed by atoms with Crippen molar-refractivity contribution >= 4 is 29.0 Å². The Balaban J connectivity index is 1.82. The molecule has 1 aliphatic carbocycles. The zero-order valence-corrected chi connectivity index (χ0v) is 18.1. The van der Waals surface area contributed by atoms with Gasteiger partial charge in [-0.15, -0.1) is 0 Å². The zero-order chi connectivity index (χ0) is 23.0. The molecule has 1 heterocycles. The lowest BCUT2D eigenvalue weighted by Crippen LogP contribution is -2.42. The summed E-state index contributed by atoms with van der Waals surface area (Å²) in [6, 6.07) is 13.4. The maximum absolute atomic E-state index is 13.4. The Labute approximate surface area is 189 Å². The number of hydrogen-bond acceptors (Lipinski definition) is 6. The number of allylic oxidation sites excluding steroid dienone is 2. The van der Waals surface area contributed by atoms with Gasteiger partial charge < -0.3 is 10.1 Å². The molecule has 0 amide bonds. The fourth-order valence-corrected chi connectivity index (χ4v) is 4.74. The first-order valence-corrected chi connectivity index (χ1v) is 10.5. The fourth-order valence-electron chi connectivity index (χ4n) is 4.62. The van der Waals surface area contributed by atoms with Crippen LogP contribution in [0.15, 0.2) is 72.1 Å². The number of carbonyl (C=O) groups excluding carboxylic acids is 2. The minimum Gasteiger partial charge on any atom is -0.468 e. The van der Waals surface area contributed by atoms with Crippen molar-refractivity contribution in [3.63, 3.8) is 0 Å². The van der Waals surface area contributed by atoms with Crippen LogP contribution in [0, 0.1) is 16.0 Å². The number of non-ortho nitro benzene ring substituents is 1. The van der Waals surface area contributed by atoms with Gasteiger partial charge in [0.25, 0.3) is 5.69 Å². The summed E-state index contributed by atoms with van der Waals surface area (Å²) in [5.74, 6) is -2.32. The molecule has 7 nitrogen and oxygen atoms in total. The Bertz CT molecular complexity index is 1160. The van der Waals surface area contributed by atoms with Crippen LogP contribution in [-0.2, 0) is 14.3 Å². The number of ketones is 1. The molecule has 0 aromatic heterocycles. The topological polar surface area (TPSA) is 98.5 Å². The molecule has 0 saturated heterocycles. The maximum atomic E-state index is 13.4. The van der Waals surface area contributed by atoms with Crippen LogP contribution >= 0.6 is 11.6 Å². The molecule has 0 radical (unpaired) electrons. The summed E-state index contributed by atoms with van der Waals surface area (Å²) in [5, 5.41) is 15.1. The highest BCUT2D eigenvalue weighted by Gasteiger charge is 2.45. The smallest absolute Gasteiger partial charge is 0.315 e. The molecule has 4 rings (SSSR count). The quantitative estimate of drug-likeness (QED) is 0.412. The maximum Gasteiger partial charge on any atom is 0.315 e. The van der Waals surface area contributed by atoms with E-state index in [1.165, 1.54) is 19.2 Å². The van der Waals surface area contributed by atoms with Crippen molar-refractivity contribution in [2.45, 2.75) is 24.7 Å². The number of nitro groups is 1. The number of Topliss-reactive ketones (excluding diaryl/α,β-unsaturated/α-hetero) is 1. The summed E-state index contributed by atoms with van der Waals surface area (Å²) in [5.41, 5.74) is 2.92. The molecule has 0 bridgehead atoms. The highest BCUT2D eigenvalue weighted by molar-refractivity contribution is 6.30. The number of hydrogen-bond donors (Lipinski definition) is 1. The third kappa shape index (κ3) is 3.91. The van der Waals surface area contributed by atoms with Gasteiger partial charge in [-0.3, -0.25) is 19.7 Å². The van der Waals surface area contributed by atoms with E-state index >= 15 is 0 Å². The number of nitrogens with one attached hydrogen (secondary N) is 1. The van der Waals surface area contributed by atoms with E-state index in [2.05, 4.69) is 11.9 Å². The molecule has 0 fully saturated rings. The van der Waals surface area contributed by atoms with Crippen LogP contribution < -0.4 is 5.32 Å². The Hall–Kier alpha value is -3.45. The minimum absolute atomic E-state index is 0.0562. The predicted molar refractivity (Wildman–Crippen MR) is 119 cm³/mol. The van der Waals surface area contributed by atoms with Gasteiger partial charge in [-0.05, 0) is 35.6 Å². The number of ether oxygens (including phenoxy) is 1. The Morgan fingerprint density at radius 1 is 1.19 bits per heavy atom. The minimum atomic E-state index is -0.878. The molecule has 32 heavy (non-hydrogen) atoms. The van der Waals surface area contributed by atoms with Crippen LogP contribution in [0.2, 0.25) is 5.02 Å². The monoisotopic (exact) mass is 452 g/mol. The number of methoxy groups -OCH3 is 1. The zero-order valence-electron chi connectivity index (χ0n) is 17.3. The molecule has 2 aliphatic rings. The van der Waals surface area contributed by atoms with Gasteiger partial charge in [0.05, 0.1) is 12.0 Å². The van der Waals surface area contributed by atoms with Gasteiger partial charge in [-0.25, -0.2) is 0 Å². The van der Waals surface area contributed by atoms with Crippen LogP contribution in [-0.4, -0.2) is 23.8 Å². The molecule has 8 heteroatoms. The van der Waals surface area contributed by atoms with E-state index in [1.54, 1.807) is 24.3 Å². The first kappa shape index (κ1) is 21.8. The van der Waals surface area contributed by atoms with Crippen LogP contribution in [0.25, 0.3) is 0 Å². The second-order valence-corrected chi connectivity index (χ2v) is 8.39. The summed E-state index contributed by atoms with van der Waals surface area (Å²) in [6.07, 6.45) is 0.801. The highest BCUT2D eigenvalue weighted by atomic mass is 35.5. The molecular weight excluding hydrogens is 432 g/mol. The molecule has 0 spiro atoms. The first-order valence-electron chi connectivity index (χ1n) is 10.1. The summed E-state index contributed by atoms with van der Waals surface area (Å²) in [4.78, 5) is 36.9. The standard InChI is InChI=1S/C24H21ClN2O5/c1-13-21(24(29)32-2)22(15-4-3-5-18(10-15)27(30)31)23-19(26-13)11-16(12-20(23)28)14-6-8-17(25)9-7-14/h3-10,16,21-22,26H,1,11-12H2,2H3. The summed E-state index contributed by atoms with van der Waals surface area (Å²) in [6.45, 7) is 4.01. The third-order valence-electron chi connectivity index (χ3n) is 6.08. The van der Waals surface area contributed by atoms with Crippen LogP contribution in [0.3, 0.4) is 0 Å². The van der Waals surface area contributed by atoms with Crippen molar-refractivity contribution in [3.05, 3.63) is 98.3 Å². The average molecular weight is 453 g/mol. The van der Waals surface area contributed by atoms with E-state index in [0.717, 1.165) is 5.56 Å². The Kier molecular flexibility index (Phi) is 5.84. The number of halogens is 1. The van der Waals surface area contributed by atoms with Gasteiger partial charge in [0, 0.05) is 46.5 Å². The lowest BCUT2D eigenvalue weighted by atomic mass is 9.69. The van der Waals surface area contributed by atoms with Crippen molar-refractivity contribution < 1.29 is 19.2 Å². The lowest BCUT2D eigenvalue weighted by Gasteiger charge is -2.39. The SMILES string of the molecule is C=C1NC2=C(C(=O)CC(c3ccc(Cl)cc3)C2)C(c2cccc([N+](=O)[O-])c2)C1C(=O)OC. The van der Waals surface area contributed by atoms with Gasteiger partial charge in [0.1, 0.15) is 5.92 Å². The number of benzene rings is 2. The van der Waals surface area contributed by atoms with Crippen LogP contribution in [0.4, 0.5) is 5.69 Å². The van der Waals surface area contributed by atoms with E-state index in [-0.39, 0.29) is 23.8 Å². The van der Waals surface area contributed by atoms with Crippen molar-refractivity contribution in [1.29, 1.82) is 0 Å². The number of nitrogens with zero attached hydrogens (tertiary/aromatic N) is 1. The van der Waals surface area contributed by atoms with Crippen LogP contribution in [0.1, 0.15) is 35.8 Å². The number of esters is 1. The molecule has 0 saturated carbocycles. The first-order chi connectivity index (χ1) is 15.3. The van der Waals surface area contributed by atoms with Gasteiger partial charge in [-0.2, -0.15) is 0 Å². The number of nitro benzene ring substituents is 1. The van der Waals surface area contributed by atoms with Gasteiger partial charge in [-0.1, -0.05) is 42.4 Å². The van der Waals surface area contributed by atoms with E-state index in [9.17, 15) is 19.7 Å². The second-order valence-electron chi connectivity index (χ2n) is 7.95. The van der Waals surface area contributed by atoms with E-state index < -0.39 is 22.7 Å². The molecule has 164 valence electrons. The number of rotatable bonds is 4. The van der Waals surface area contributed by atoms with Crippen molar-refractivity contribution in [3.8, 4) is 0 Å². The number of carbonyl (C=O) groups is 2. The second kappa shape index (κ2) is 8.59. The van der Waals surface area contributed by atoms with E-state index in [1.807, 2.05) is 12.1 Å². The molecule has 3 atom stereocenters. The Morgan fingerprint density at radius 2 is 1.91 bits per heavy atom. The summed E-state index contributed by atoms with van der Waals surface area (Å²) in [7, 11) is 1.27. The molecule has 2 aromatic rings. The molecule has 1 N–H and O–H groups in total. The van der Waals surface area contributed by atoms with Crippen molar-refractivity contribution in [2.24, 2.45) is 5.92 Å². The van der Waals surface area contributed by atoms with Crippen molar-refractivity contribution in [2.75, 3.05) is 7.11 Å². The third-order valence-corrected chi connectivity index (χ3v) is 6.33. The fraction of sp³-hybridized carbons (Fsp3) is 0.250. The van der Waals surface area contributed by atoms with Crippen molar-refractivity contribution in [1.82, 2.24) is 5.32 Å². The normalized spacial score (nSPS) is 22.8. The highest BCUT2D eigenvalue weighted by Crippen LogP contribution is 2.47. The molecular formula is C24H21ClN2O5. The lowest BCUT2D eigenvalue weighted by molar-refractivity contribution is -0.384. The molecule has 3 unspecified atom stereocenters. The van der Waals surface area contributed by atoms with Gasteiger partial charge in [0.15, 0.2) is 5.78 Å². The van der Waals surface area contributed by atoms with Crippen LogP contribution in [0.5, 0.6) is 0 Å². The largest absolute Gasteiger partial charge is 0.468 e. The average Bonchev–Trinajstić information content (AvgIpc) is 2.78. The summed E-state index contributed by atoms with van der Waals surface area (Å²) < 4.78 is 4.99. The molecule has 2 aromatic carbocycles. The summed E-state index contributed by atoms with van der Waals surface area (Å²) >= 11 is 6.00. The predicted octanol–water partition coefficient (Wildman–Crippen LogP) is 4.64. The molecule has 1 aliphatic heterocycles. The van der Waals surface area contributed by atoms with Gasteiger partial charge >= 0.3 is 5.97 Å². The van der Waals surface area contributed by atoms with E-state index in [4.69, 9.17) is 16.3 Å². The van der Waals surface area contributed by atoms with E-state index in [0.29, 0.717) is 34.0 Å².